The van der Waals surface area contributed by atoms with Gasteiger partial charge in [0.05, 0.1) is 0 Å². The highest BCUT2D eigenvalue weighted by atomic mass is 16.4. The minimum atomic E-state index is -0.682. The zero-order chi connectivity index (χ0) is 42.0. The van der Waals surface area contributed by atoms with Gasteiger partial charge in [0, 0.05) is 25.7 Å². The Morgan fingerprint density at radius 2 is 0.474 bits per heavy atom. The Balaban J connectivity index is 5.06. The Hall–Kier alpha value is -2.12. The molecule has 0 aromatic heterocycles. The molecular formula is C49H92O8. The molecule has 0 fully saturated rings. The summed E-state index contributed by atoms with van der Waals surface area (Å²) in [6.45, 7) is 2.55. The van der Waals surface area contributed by atoms with Gasteiger partial charge in [-0.3, -0.25) is 19.2 Å². The minimum Gasteiger partial charge on any atom is -0.481 e. The smallest absolute Gasteiger partial charge is 0.303 e. The van der Waals surface area contributed by atoms with E-state index in [1.165, 1.54) is 161 Å². The van der Waals surface area contributed by atoms with Crippen LogP contribution in [-0.2, 0) is 19.2 Å². The first-order valence-electron chi connectivity index (χ1n) is 24.5. The summed E-state index contributed by atoms with van der Waals surface area (Å²) in [7, 11) is 0. The normalized spacial score (nSPS) is 13.1. The lowest BCUT2D eigenvalue weighted by Crippen LogP contribution is -2.23. The summed E-state index contributed by atoms with van der Waals surface area (Å²) in [6, 6.07) is 0. The van der Waals surface area contributed by atoms with Gasteiger partial charge in [0.25, 0.3) is 0 Å². The maximum Gasteiger partial charge on any atom is 0.303 e. The fourth-order valence-corrected chi connectivity index (χ4v) is 8.96. The molecule has 0 saturated heterocycles. The molecule has 8 heteroatoms. The van der Waals surface area contributed by atoms with Gasteiger partial charge >= 0.3 is 23.9 Å². The van der Waals surface area contributed by atoms with Gasteiger partial charge in [-0.15, -0.1) is 0 Å². The summed E-state index contributed by atoms with van der Waals surface area (Å²) in [5.41, 5.74) is 0. The van der Waals surface area contributed by atoms with E-state index in [0.717, 1.165) is 94.8 Å². The number of carboxylic acids is 4. The third-order valence-electron chi connectivity index (χ3n) is 12.5. The van der Waals surface area contributed by atoms with Gasteiger partial charge < -0.3 is 20.4 Å². The van der Waals surface area contributed by atoms with Crippen molar-refractivity contribution in [3.05, 3.63) is 0 Å². The Morgan fingerprint density at radius 1 is 0.281 bits per heavy atom. The number of rotatable bonds is 47. The quantitative estimate of drug-likeness (QED) is 0.0444. The average molecular weight is 809 g/mol. The third-order valence-corrected chi connectivity index (χ3v) is 12.5. The van der Waals surface area contributed by atoms with Crippen molar-refractivity contribution in [2.75, 3.05) is 0 Å². The largest absolute Gasteiger partial charge is 0.481 e. The molecule has 0 aromatic carbocycles. The second-order valence-corrected chi connectivity index (χ2v) is 17.8. The van der Waals surface area contributed by atoms with Crippen LogP contribution in [0.15, 0.2) is 0 Å². The summed E-state index contributed by atoms with van der Waals surface area (Å²) in [5, 5.41) is 35.5. The molecule has 0 aliphatic heterocycles. The second-order valence-electron chi connectivity index (χ2n) is 17.8. The van der Waals surface area contributed by atoms with Gasteiger partial charge in [-0.25, -0.2) is 0 Å². The van der Waals surface area contributed by atoms with Crippen molar-refractivity contribution in [1.29, 1.82) is 0 Å². The topological polar surface area (TPSA) is 149 Å². The Kier molecular flexibility index (Phi) is 40.5. The Labute approximate surface area is 350 Å². The molecule has 0 spiro atoms. The first-order chi connectivity index (χ1) is 27.6. The molecule has 0 radical (unpaired) electrons. The first kappa shape index (κ1) is 54.9. The van der Waals surface area contributed by atoms with E-state index in [4.69, 9.17) is 20.4 Å². The van der Waals surface area contributed by atoms with Gasteiger partial charge in [0.15, 0.2) is 0 Å². The molecule has 3 unspecified atom stereocenters. The van der Waals surface area contributed by atoms with Crippen LogP contribution in [0.3, 0.4) is 0 Å². The standard InChI is InChI=1S/C49H92O8/c1-43(35-27-19-11-5-8-16-24-32-40-47(52)53)45(38-30-22-14-7-10-18-26-34-42-49(56)57)44(37-29-21-13-6-9-17-25-33-41-48(54)55)36-28-20-12-3-2-4-15-23-31-39-46(50)51/h43-45H,2-42H2,1H3,(H,50,51)(H,52,53)(H,54,55)(H,56,57). The van der Waals surface area contributed by atoms with E-state index in [2.05, 4.69) is 6.92 Å². The third kappa shape index (κ3) is 41.8. The van der Waals surface area contributed by atoms with Gasteiger partial charge in [-0.05, 0) is 49.9 Å². The molecule has 0 aliphatic carbocycles. The highest BCUT2D eigenvalue weighted by Gasteiger charge is 2.26. The summed E-state index contributed by atoms with van der Waals surface area (Å²) in [4.78, 5) is 43.1. The number of aliphatic carboxylic acids is 4. The number of carboxylic acid groups (broad SMARTS) is 4. The van der Waals surface area contributed by atoms with Crippen LogP contribution >= 0.6 is 0 Å². The van der Waals surface area contributed by atoms with Crippen molar-refractivity contribution < 1.29 is 39.6 Å². The predicted octanol–water partition coefficient (Wildman–Crippen LogP) is 15.2. The van der Waals surface area contributed by atoms with Gasteiger partial charge in [-0.2, -0.15) is 0 Å². The van der Waals surface area contributed by atoms with E-state index < -0.39 is 23.9 Å². The summed E-state index contributed by atoms with van der Waals surface area (Å²) in [5.74, 6) is -0.399. The van der Waals surface area contributed by atoms with E-state index >= 15 is 0 Å². The fourth-order valence-electron chi connectivity index (χ4n) is 8.96. The zero-order valence-corrected chi connectivity index (χ0v) is 37.1. The van der Waals surface area contributed by atoms with Gasteiger partial charge in [-0.1, -0.05) is 212 Å². The maximum atomic E-state index is 10.8. The lowest BCUT2D eigenvalue weighted by molar-refractivity contribution is -0.138. The van der Waals surface area contributed by atoms with Gasteiger partial charge in [0.1, 0.15) is 0 Å². The van der Waals surface area contributed by atoms with E-state index in [1.807, 2.05) is 0 Å². The number of carbonyl (C=O) groups is 4. The van der Waals surface area contributed by atoms with Crippen LogP contribution < -0.4 is 0 Å². The number of unbranched alkanes of at least 4 members (excludes halogenated alkanes) is 29. The zero-order valence-electron chi connectivity index (χ0n) is 37.1. The molecule has 0 bridgehead atoms. The molecule has 0 aromatic rings. The lowest BCUT2D eigenvalue weighted by Gasteiger charge is -2.33. The average Bonchev–Trinajstić information content (AvgIpc) is 3.16. The van der Waals surface area contributed by atoms with Crippen molar-refractivity contribution in [2.45, 2.75) is 270 Å². The van der Waals surface area contributed by atoms with E-state index in [9.17, 15) is 19.2 Å². The van der Waals surface area contributed by atoms with Crippen molar-refractivity contribution in [2.24, 2.45) is 17.8 Å². The van der Waals surface area contributed by atoms with Crippen molar-refractivity contribution in [1.82, 2.24) is 0 Å². The fraction of sp³-hybridized carbons (Fsp3) is 0.918. The first-order valence-corrected chi connectivity index (χ1v) is 24.5. The van der Waals surface area contributed by atoms with E-state index in [-0.39, 0.29) is 0 Å². The van der Waals surface area contributed by atoms with E-state index in [1.54, 1.807) is 0 Å². The Bertz CT molecular complexity index is 936. The Morgan fingerprint density at radius 3 is 0.719 bits per heavy atom. The van der Waals surface area contributed by atoms with Crippen LogP contribution in [0.4, 0.5) is 0 Å². The highest BCUT2D eigenvalue weighted by Crippen LogP contribution is 2.37. The minimum absolute atomic E-state index is 0.296. The highest BCUT2D eigenvalue weighted by molar-refractivity contribution is 5.67. The number of hydrogen-bond acceptors (Lipinski definition) is 4. The van der Waals surface area contributed by atoms with Crippen LogP contribution in [0.1, 0.15) is 270 Å². The molecule has 8 nitrogen and oxygen atoms in total. The molecule has 3 atom stereocenters. The molecular weight excluding hydrogens is 717 g/mol. The number of hydrogen-bond donors (Lipinski definition) is 4. The molecule has 4 N–H and O–H groups in total. The van der Waals surface area contributed by atoms with Gasteiger partial charge in [0.2, 0.25) is 0 Å². The summed E-state index contributed by atoms with van der Waals surface area (Å²) < 4.78 is 0. The molecule has 0 aliphatic rings. The van der Waals surface area contributed by atoms with E-state index in [0.29, 0.717) is 25.7 Å². The van der Waals surface area contributed by atoms with Crippen molar-refractivity contribution in [3.8, 4) is 0 Å². The maximum absolute atomic E-state index is 10.8. The monoisotopic (exact) mass is 809 g/mol. The SMILES string of the molecule is CC(CCCCCCCCCCC(=O)O)C(CCCCCCCCCCC(=O)O)C(CCCCCCCCCCCC(=O)O)CCCCCCCCCCC(=O)O. The van der Waals surface area contributed by atoms with Crippen LogP contribution in [0.25, 0.3) is 0 Å². The van der Waals surface area contributed by atoms with Crippen LogP contribution in [-0.4, -0.2) is 44.3 Å². The molecule has 0 amide bonds. The van der Waals surface area contributed by atoms with Crippen LogP contribution in [0.2, 0.25) is 0 Å². The molecule has 57 heavy (non-hydrogen) atoms. The molecule has 336 valence electrons. The molecule has 0 rings (SSSR count). The molecule has 0 heterocycles. The summed E-state index contributed by atoms with van der Waals surface area (Å²) >= 11 is 0. The predicted molar refractivity (Wildman–Crippen MR) is 236 cm³/mol. The summed E-state index contributed by atoms with van der Waals surface area (Å²) in [6.07, 6.45) is 45.4. The lowest BCUT2D eigenvalue weighted by atomic mass is 9.73. The van der Waals surface area contributed by atoms with Crippen LogP contribution in [0, 0.1) is 17.8 Å². The second kappa shape index (κ2) is 42.0. The van der Waals surface area contributed by atoms with Crippen LogP contribution in [0.5, 0.6) is 0 Å². The molecule has 0 saturated carbocycles. The van der Waals surface area contributed by atoms with Crippen molar-refractivity contribution >= 4 is 23.9 Å². The van der Waals surface area contributed by atoms with Crippen molar-refractivity contribution in [3.63, 3.8) is 0 Å².